The maximum Gasteiger partial charge on any atom is 0.330 e. The molecular weight excluding hydrogens is 988 g/mol. The molecule has 0 amide bonds. The number of hydrogen-bond donors (Lipinski definition) is 0. The number of hydrogen-bond acceptors (Lipinski definition) is 12. The second-order valence-corrected chi connectivity index (χ2v) is 17.1. The van der Waals surface area contributed by atoms with Crippen LogP contribution in [0.25, 0.3) is 0 Å². The molecule has 0 aliphatic heterocycles. The number of ether oxygens (including phenoxy) is 6. The normalized spacial score (nSPS) is 12.3. The lowest BCUT2D eigenvalue weighted by Gasteiger charge is -2.34. The van der Waals surface area contributed by atoms with Gasteiger partial charge >= 0.3 is 23.9 Å². The van der Waals surface area contributed by atoms with E-state index in [1.165, 1.54) is 23.5 Å². The Hall–Kier alpha value is -1.98. The number of thioether (sulfide) groups is 2. The van der Waals surface area contributed by atoms with Gasteiger partial charge in [-0.05, 0) is 51.3 Å². The third-order valence-corrected chi connectivity index (χ3v) is 12.9. The standard InChI is InChI=1S/C37H44Br4O10S2/c1-11-25(42)46-13-24(51-28(45)18-53-10)16-49-36-21(5)33(40)30(34(41)22(36)6)37(7,8)29-31(38)19(3)35(20(4)32(29)39)48-15-23(50-26(43)12-2)14-47-27(44)17-52-9/h11-12,23-24H,1-2,13-18H2,3-10H3. The Morgan fingerprint density at radius 1 is 0.623 bits per heavy atom. The maximum absolute atomic E-state index is 12.3. The van der Waals surface area contributed by atoms with Crippen LogP contribution in [-0.2, 0) is 43.5 Å². The van der Waals surface area contributed by atoms with Crippen LogP contribution in [-0.4, -0.2) is 86.5 Å². The third-order valence-electron chi connectivity index (χ3n) is 7.91. The molecule has 0 aliphatic rings. The Labute approximate surface area is 353 Å². The molecule has 16 heteroatoms. The summed E-state index contributed by atoms with van der Waals surface area (Å²) < 4.78 is 37.1. The average Bonchev–Trinajstić information content (AvgIpc) is 3.10. The molecule has 0 bridgehead atoms. The molecule has 2 aromatic rings. The van der Waals surface area contributed by atoms with E-state index in [4.69, 9.17) is 28.4 Å². The van der Waals surface area contributed by atoms with E-state index >= 15 is 0 Å². The first kappa shape index (κ1) is 47.2. The van der Waals surface area contributed by atoms with Crippen molar-refractivity contribution in [1.29, 1.82) is 0 Å². The summed E-state index contributed by atoms with van der Waals surface area (Å²) in [7, 11) is 0. The number of carbonyl (C=O) groups is 4. The van der Waals surface area contributed by atoms with Crippen LogP contribution in [0.2, 0.25) is 0 Å². The summed E-state index contributed by atoms with van der Waals surface area (Å²) in [5.41, 5.74) is 4.48. The maximum atomic E-state index is 12.3. The zero-order chi connectivity index (χ0) is 40.2. The quantitative estimate of drug-likeness (QED) is 0.0715. The summed E-state index contributed by atoms with van der Waals surface area (Å²) in [5, 5.41) is 0. The van der Waals surface area contributed by atoms with E-state index in [1.54, 1.807) is 12.5 Å². The largest absolute Gasteiger partial charge is 0.489 e. The lowest BCUT2D eigenvalue weighted by Crippen LogP contribution is -2.31. The highest BCUT2D eigenvalue weighted by molar-refractivity contribution is 9.11. The molecule has 0 N–H and O–H groups in total. The molecule has 0 spiro atoms. The molecule has 0 heterocycles. The summed E-state index contributed by atoms with van der Waals surface area (Å²) in [6, 6.07) is 0. The van der Waals surface area contributed by atoms with E-state index in [0.717, 1.165) is 63.4 Å². The first-order valence-electron chi connectivity index (χ1n) is 16.1. The van der Waals surface area contributed by atoms with Crippen LogP contribution in [0.3, 0.4) is 0 Å². The van der Waals surface area contributed by atoms with Gasteiger partial charge in [0.15, 0.2) is 12.2 Å². The summed E-state index contributed by atoms with van der Waals surface area (Å²) >= 11 is 18.1. The van der Waals surface area contributed by atoms with Gasteiger partial charge < -0.3 is 28.4 Å². The van der Waals surface area contributed by atoms with Crippen molar-refractivity contribution in [2.75, 3.05) is 50.4 Å². The minimum Gasteiger partial charge on any atom is -0.489 e. The summed E-state index contributed by atoms with van der Waals surface area (Å²) in [5.74, 6) is -0.710. The van der Waals surface area contributed by atoms with Crippen LogP contribution in [0.1, 0.15) is 47.2 Å². The molecule has 2 unspecified atom stereocenters. The van der Waals surface area contributed by atoms with Gasteiger partial charge in [0.05, 0.1) is 11.5 Å². The van der Waals surface area contributed by atoms with Crippen molar-refractivity contribution in [3.05, 3.63) is 76.6 Å². The fourth-order valence-corrected chi connectivity index (χ4v) is 9.92. The molecular formula is C37H44Br4O10S2. The Morgan fingerprint density at radius 2 is 1.00 bits per heavy atom. The summed E-state index contributed by atoms with van der Waals surface area (Å²) in [6.07, 6.45) is 3.95. The molecule has 0 aliphatic carbocycles. The van der Waals surface area contributed by atoms with Crippen LogP contribution >= 0.6 is 87.2 Å². The fourth-order valence-electron chi connectivity index (χ4n) is 5.27. The van der Waals surface area contributed by atoms with Gasteiger partial charge in [-0.3, -0.25) is 9.59 Å². The van der Waals surface area contributed by atoms with Gasteiger partial charge in [0, 0.05) is 57.7 Å². The van der Waals surface area contributed by atoms with Crippen molar-refractivity contribution in [2.24, 2.45) is 0 Å². The molecule has 2 rings (SSSR count). The van der Waals surface area contributed by atoms with Gasteiger partial charge in [-0.2, -0.15) is 23.5 Å². The van der Waals surface area contributed by atoms with Gasteiger partial charge in [-0.25, -0.2) is 9.59 Å². The first-order valence-corrected chi connectivity index (χ1v) is 22.0. The Bertz CT molecular complexity index is 1660. The van der Waals surface area contributed by atoms with Crippen LogP contribution in [0.15, 0.2) is 43.2 Å². The summed E-state index contributed by atoms with van der Waals surface area (Å²) in [4.78, 5) is 48.1. The van der Waals surface area contributed by atoms with Crippen molar-refractivity contribution in [3.8, 4) is 11.5 Å². The Balaban J connectivity index is 2.51. The number of halogens is 4. The van der Waals surface area contributed by atoms with Gasteiger partial charge in [0.2, 0.25) is 0 Å². The highest BCUT2D eigenvalue weighted by Crippen LogP contribution is 2.52. The summed E-state index contributed by atoms with van der Waals surface area (Å²) in [6.45, 7) is 18.3. The molecule has 53 heavy (non-hydrogen) atoms. The molecule has 0 radical (unpaired) electrons. The van der Waals surface area contributed by atoms with E-state index in [9.17, 15) is 19.2 Å². The second kappa shape index (κ2) is 21.9. The van der Waals surface area contributed by atoms with Crippen LogP contribution in [0, 0.1) is 27.7 Å². The second-order valence-electron chi connectivity index (χ2n) is 12.2. The molecule has 0 saturated carbocycles. The highest BCUT2D eigenvalue weighted by atomic mass is 79.9. The van der Waals surface area contributed by atoms with E-state index in [2.05, 4.69) is 90.7 Å². The zero-order valence-corrected chi connectivity index (χ0v) is 38.9. The van der Waals surface area contributed by atoms with Crippen LogP contribution in [0.5, 0.6) is 11.5 Å². The molecule has 2 atom stereocenters. The third kappa shape index (κ3) is 12.5. The molecule has 2 aromatic carbocycles. The smallest absolute Gasteiger partial charge is 0.330 e. The number of benzene rings is 2. The van der Waals surface area contributed by atoms with Crippen molar-refractivity contribution in [1.82, 2.24) is 0 Å². The molecule has 0 aromatic heterocycles. The predicted octanol–water partition coefficient (Wildman–Crippen LogP) is 9.06. The topological polar surface area (TPSA) is 124 Å². The van der Waals surface area contributed by atoms with Crippen LogP contribution in [0.4, 0.5) is 0 Å². The fraction of sp³-hybridized carbons (Fsp3) is 0.459. The van der Waals surface area contributed by atoms with Crippen molar-refractivity contribution >= 4 is 111 Å². The van der Waals surface area contributed by atoms with E-state index in [0.29, 0.717) is 11.5 Å². The Kier molecular flexibility index (Phi) is 19.5. The minimum absolute atomic E-state index is 0.0569. The molecule has 10 nitrogen and oxygen atoms in total. The lowest BCUT2D eigenvalue weighted by atomic mass is 9.76. The average molecular weight is 1030 g/mol. The number of rotatable bonds is 20. The lowest BCUT2D eigenvalue weighted by molar-refractivity contribution is -0.156. The molecule has 292 valence electrons. The van der Waals surface area contributed by atoms with Gasteiger partial charge in [-0.15, -0.1) is 0 Å². The zero-order valence-electron chi connectivity index (χ0n) is 30.9. The van der Waals surface area contributed by atoms with Crippen molar-refractivity contribution < 1.29 is 47.6 Å². The monoisotopic (exact) mass is 1030 g/mol. The highest BCUT2D eigenvalue weighted by Gasteiger charge is 2.37. The SMILES string of the molecule is C=CC(=O)OCC(COc1c(C)c(Br)c(C(C)(C)c2c(Br)c(C)c(OCC(COC(=O)CSC)OC(=O)C=C)c(C)c2Br)c(Br)c1C)OC(=O)CSC. The number of esters is 4. The van der Waals surface area contributed by atoms with E-state index in [1.807, 2.05) is 27.7 Å². The van der Waals surface area contributed by atoms with Crippen molar-refractivity contribution in [2.45, 2.75) is 59.2 Å². The van der Waals surface area contributed by atoms with Gasteiger partial charge in [0.1, 0.15) is 37.9 Å². The van der Waals surface area contributed by atoms with E-state index < -0.39 is 41.5 Å². The van der Waals surface area contributed by atoms with Gasteiger partial charge in [-0.1, -0.05) is 90.7 Å². The van der Waals surface area contributed by atoms with Gasteiger partial charge in [0.25, 0.3) is 0 Å². The Morgan fingerprint density at radius 3 is 1.40 bits per heavy atom. The minimum atomic E-state index is -0.864. The molecule has 0 saturated heterocycles. The van der Waals surface area contributed by atoms with E-state index in [-0.39, 0.29) is 37.9 Å². The van der Waals surface area contributed by atoms with Crippen molar-refractivity contribution in [3.63, 3.8) is 0 Å². The van der Waals surface area contributed by atoms with Crippen LogP contribution < -0.4 is 9.47 Å². The molecule has 0 fully saturated rings. The first-order chi connectivity index (χ1) is 24.9. The number of carbonyl (C=O) groups excluding carboxylic acids is 4. The predicted molar refractivity (Wildman–Crippen MR) is 225 cm³/mol.